The molecule has 2 aromatic heterocycles. The minimum Gasteiger partial charge on any atom is -0.294 e. The summed E-state index contributed by atoms with van der Waals surface area (Å²) in [7, 11) is 1.47. The lowest BCUT2D eigenvalue weighted by molar-refractivity contribution is 0.531. The van der Waals surface area contributed by atoms with Crippen LogP contribution in [0.2, 0.25) is 0 Å². The highest BCUT2D eigenvalue weighted by Crippen LogP contribution is 2.30. The fraction of sp³-hybridized carbons (Fsp3) is 0.400. The Kier molecular flexibility index (Phi) is 3.48. The molecule has 0 aliphatic heterocycles. The summed E-state index contributed by atoms with van der Waals surface area (Å²) in [6, 6.07) is 3.75. The van der Waals surface area contributed by atoms with Gasteiger partial charge in [-0.1, -0.05) is 0 Å². The molecule has 98 valence electrons. The van der Waals surface area contributed by atoms with E-state index < -0.39 is 9.05 Å². The molecule has 0 aliphatic rings. The normalized spacial score (nSPS) is 12.3. The molecule has 5 nitrogen and oxygen atoms in total. The molecule has 18 heavy (non-hydrogen) atoms. The van der Waals surface area contributed by atoms with Crippen molar-refractivity contribution in [1.29, 1.82) is 0 Å². The number of aryl methyl sites for hydroxylation is 1. The lowest BCUT2D eigenvalue weighted by Gasteiger charge is -2.11. The molecule has 0 aliphatic carbocycles. The zero-order valence-corrected chi connectivity index (χ0v) is 12.5. The van der Waals surface area contributed by atoms with Crippen LogP contribution in [-0.2, 0) is 9.05 Å². The maximum Gasteiger partial charge on any atom is 0.296 e. The molecule has 0 radical (unpaired) electrons. The van der Waals surface area contributed by atoms with Gasteiger partial charge in [-0.05, 0) is 32.9 Å². The topological polar surface area (TPSA) is 64.8 Å². The van der Waals surface area contributed by atoms with Crippen molar-refractivity contribution in [1.82, 2.24) is 14.8 Å². The third-order valence-corrected chi connectivity index (χ3v) is 4.48. The maximum absolute atomic E-state index is 11.5. The predicted molar refractivity (Wildman–Crippen MR) is 71.5 cm³/mol. The Morgan fingerprint density at radius 2 is 2.00 bits per heavy atom. The first kappa shape index (κ1) is 13.5. The van der Waals surface area contributed by atoms with Crippen molar-refractivity contribution in [3.63, 3.8) is 0 Å². The van der Waals surface area contributed by atoms with Gasteiger partial charge < -0.3 is 0 Å². The van der Waals surface area contributed by atoms with Crippen LogP contribution in [0, 0.1) is 6.92 Å². The molecule has 0 spiro atoms. The highest BCUT2D eigenvalue weighted by atomic mass is 35.7. The Balaban J connectivity index is 2.67. The van der Waals surface area contributed by atoms with E-state index in [4.69, 9.17) is 10.7 Å². The molecular formula is C10H12ClN3O2S2. The number of thiophene rings is 1. The van der Waals surface area contributed by atoms with E-state index in [0.29, 0.717) is 5.82 Å². The number of hydrogen-bond donors (Lipinski definition) is 0. The Hall–Kier alpha value is -0.920. The first-order valence-corrected chi connectivity index (χ1v) is 8.39. The molecular weight excluding hydrogens is 294 g/mol. The van der Waals surface area contributed by atoms with Crippen LogP contribution < -0.4 is 0 Å². The minimum absolute atomic E-state index is 0.0964. The van der Waals surface area contributed by atoms with Crippen LogP contribution >= 0.6 is 22.0 Å². The fourth-order valence-electron chi connectivity index (χ4n) is 1.63. The average molecular weight is 306 g/mol. The first-order valence-electron chi connectivity index (χ1n) is 5.27. The van der Waals surface area contributed by atoms with E-state index in [9.17, 15) is 8.42 Å². The van der Waals surface area contributed by atoms with E-state index in [1.54, 1.807) is 0 Å². The Labute approximate surface area is 114 Å². The Bertz CT molecular complexity index is 673. The van der Waals surface area contributed by atoms with Crippen molar-refractivity contribution in [2.24, 2.45) is 0 Å². The van der Waals surface area contributed by atoms with E-state index >= 15 is 0 Å². The third-order valence-electron chi connectivity index (χ3n) is 2.36. The summed E-state index contributed by atoms with van der Waals surface area (Å²) in [5.74, 6) is 0.530. The van der Waals surface area contributed by atoms with Crippen molar-refractivity contribution >= 4 is 31.1 Å². The van der Waals surface area contributed by atoms with Crippen LogP contribution in [0.1, 0.15) is 24.8 Å². The minimum atomic E-state index is -3.89. The second-order valence-corrected chi connectivity index (χ2v) is 7.87. The van der Waals surface area contributed by atoms with Gasteiger partial charge >= 0.3 is 0 Å². The molecule has 2 aromatic rings. The molecule has 0 fully saturated rings. The molecule has 0 bridgehead atoms. The van der Waals surface area contributed by atoms with E-state index in [0.717, 1.165) is 9.75 Å². The van der Waals surface area contributed by atoms with E-state index in [-0.39, 0.29) is 11.2 Å². The summed E-state index contributed by atoms with van der Waals surface area (Å²) >= 11 is 1.54. The molecule has 0 N–H and O–H groups in total. The second kappa shape index (κ2) is 4.64. The largest absolute Gasteiger partial charge is 0.296 e. The van der Waals surface area contributed by atoms with Gasteiger partial charge in [0.05, 0.1) is 4.88 Å². The standard InChI is InChI=1S/C10H12ClN3O2S2/c1-6(2)14-9(8-5-4-7(3)17-8)12-13-10(14)18(11,15)16/h4-6H,1-3H3. The van der Waals surface area contributed by atoms with Gasteiger partial charge in [-0.3, -0.25) is 4.57 Å². The van der Waals surface area contributed by atoms with Crippen LogP contribution in [0.4, 0.5) is 0 Å². The fourth-order valence-corrected chi connectivity index (χ4v) is 3.47. The molecule has 0 aromatic carbocycles. The summed E-state index contributed by atoms with van der Waals surface area (Å²) in [5.41, 5.74) is 0. The van der Waals surface area contributed by atoms with Gasteiger partial charge in [-0.15, -0.1) is 21.5 Å². The smallest absolute Gasteiger partial charge is 0.294 e. The van der Waals surface area contributed by atoms with E-state index in [1.807, 2.05) is 32.9 Å². The Morgan fingerprint density at radius 1 is 1.33 bits per heavy atom. The van der Waals surface area contributed by atoms with Gasteiger partial charge in [0.25, 0.3) is 14.2 Å². The highest BCUT2D eigenvalue weighted by molar-refractivity contribution is 8.13. The zero-order chi connectivity index (χ0) is 13.5. The number of aromatic nitrogens is 3. The summed E-state index contributed by atoms with van der Waals surface area (Å²) < 4.78 is 24.4. The average Bonchev–Trinajstić information content (AvgIpc) is 2.80. The molecule has 8 heteroatoms. The van der Waals surface area contributed by atoms with Crippen molar-refractivity contribution in [2.75, 3.05) is 0 Å². The highest BCUT2D eigenvalue weighted by Gasteiger charge is 2.25. The molecule has 0 amide bonds. The van der Waals surface area contributed by atoms with Crippen molar-refractivity contribution in [3.05, 3.63) is 17.0 Å². The third kappa shape index (κ3) is 2.43. The van der Waals surface area contributed by atoms with Gasteiger partial charge in [0.15, 0.2) is 5.82 Å². The van der Waals surface area contributed by atoms with E-state index in [2.05, 4.69) is 10.2 Å². The van der Waals surface area contributed by atoms with Gasteiger partial charge in [-0.2, -0.15) is 0 Å². The Morgan fingerprint density at radius 3 is 2.44 bits per heavy atom. The zero-order valence-electron chi connectivity index (χ0n) is 10.1. The number of rotatable bonds is 3. The summed E-state index contributed by atoms with van der Waals surface area (Å²) in [5, 5.41) is 7.43. The quantitative estimate of drug-likeness (QED) is 0.818. The monoisotopic (exact) mass is 305 g/mol. The number of halogens is 1. The first-order chi connectivity index (χ1) is 8.30. The predicted octanol–water partition coefficient (Wildman–Crippen LogP) is 2.82. The van der Waals surface area contributed by atoms with Gasteiger partial charge in [-0.25, -0.2) is 8.42 Å². The summed E-state index contributed by atoms with van der Waals surface area (Å²) in [6.45, 7) is 5.70. The van der Waals surface area contributed by atoms with Crippen molar-refractivity contribution in [2.45, 2.75) is 32.0 Å². The van der Waals surface area contributed by atoms with Gasteiger partial charge in [0.1, 0.15) is 0 Å². The number of hydrogen-bond acceptors (Lipinski definition) is 5. The van der Waals surface area contributed by atoms with Crippen LogP contribution in [-0.4, -0.2) is 23.2 Å². The molecule has 0 saturated carbocycles. The summed E-state index contributed by atoms with van der Waals surface area (Å²) in [6.07, 6.45) is 0. The number of nitrogens with zero attached hydrogens (tertiary/aromatic N) is 3. The molecule has 2 rings (SSSR count). The van der Waals surface area contributed by atoms with E-state index in [1.165, 1.54) is 15.9 Å². The van der Waals surface area contributed by atoms with Crippen LogP contribution in [0.25, 0.3) is 10.7 Å². The lowest BCUT2D eigenvalue weighted by atomic mass is 10.3. The molecule has 0 saturated heterocycles. The second-order valence-electron chi connectivity index (χ2n) is 4.12. The van der Waals surface area contributed by atoms with Crippen LogP contribution in [0.5, 0.6) is 0 Å². The SMILES string of the molecule is Cc1ccc(-c2nnc(S(=O)(=O)Cl)n2C(C)C)s1. The molecule has 2 heterocycles. The van der Waals surface area contributed by atoms with Crippen molar-refractivity contribution in [3.8, 4) is 10.7 Å². The van der Waals surface area contributed by atoms with Gasteiger partial charge in [0.2, 0.25) is 0 Å². The molecule has 0 unspecified atom stereocenters. The van der Waals surface area contributed by atoms with Crippen molar-refractivity contribution < 1.29 is 8.42 Å². The van der Waals surface area contributed by atoms with Gasteiger partial charge in [0, 0.05) is 21.6 Å². The van der Waals surface area contributed by atoms with Crippen LogP contribution in [0.3, 0.4) is 0 Å². The molecule has 0 atom stereocenters. The van der Waals surface area contributed by atoms with Crippen LogP contribution in [0.15, 0.2) is 17.3 Å². The lowest BCUT2D eigenvalue weighted by Crippen LogP contribution is -2.09. The summed E-state index contributed by atoms with van der Waals surface area (Å²) in [4.78, 5) is 2.00. The maximum atomic E-state index is 11.5.